The SMILES string of the molecule is O=C(Cc1cc(Cl)cc(Cl)c1)c1ccc(O)c(C(=O)O)c1. The topological polar surface area (TPSA) is 74.6 Å². The van der Waals surface area contributed by atoms with Crippen molar-refractivity contribution in [2.45, 2.75) is 6.42 Å². The van der Waals surface area contributed by atoms with Gasteiger partial charge < -0.3 is 10.2 Å². The predicted octanol–water partition coefficient (Wildman–Crippen LogP) is 3.82. The molecule has 0 aliphatic rings. The number of Topliss-reactive ketones (excluding diaryl/α,β-unsaturated/α-hetero) is 1. The second kappa shape index (κ2) is 6.16. The van der Waals surface area contributed by atoms with Crippen molar-refractivity contribution in [2.75, 3.05) is 0 Å². The lowest BCUT2D eigenvalue weighted by Gasteiger charge is -2.05. The molecule has 2 aromatic rings. The van der Waals surface area contributed by atoms with Crippen molar-refractivity contribution in [2.24, 2.45) is 0 Å². The zero-order valence-corrected chi connectivity index (χ0v) is 12.1. The second-order valence-electron chi connectivity index (χ2n) is 4.41. The monoisotopic (exact) mass is 324 g/mol. The van der Waals surface area contributed by atoms with Crippen molar-refractivity contribution in [3.63, 3.8) is 0 Å². The van der Waals surface area contributed by atoms with Gasteiger partial charge in [-0.2, -0.15) is 0 Å². The summed E-state index contributed by atoms with van der Waals surface area (Å²) in [5.41, 5.74) is 0.508. The predicted molar refractivity (Wildman–Crippen MR) is 79.6 cm³/mol. The van der Waals surface area contributed by atoms with E-state index in [-0.39, 0.29) is 29.1 Å². The lowest BCUT2D eigenvalue weighted by molar-refractivity contribution is 0.0693. The van der Waals surface area contributed by atoms with Crippen LogP contribution in [0.2, 0.25) is 10.0 Å². The zero-order valence-electron chi connectivity index (χ0n) is 10.6. The van der Waals surface area contributed by atoms with E-state index in [0.29, 0.717) is 15.6 Å². The molecular weight excluding hydrogens is 315 g/mol. The first-order chi connectivity index (χ1) is 9.86. The highest BCUT2D eigenvalue weighted by molar-refractivity contribution is 6.34. The molecule has 0 saturated heterocycles. The quantitative estimate of drug-likeness (QED) is 0.838. The van der Waals surface area contributed by atoms with Crippen LogP contribution < -0.4 is 0 Å². The van der Waals surface area contributed by atoms with E-state index in [0.717, 1.165) is 6.07 Å². The Morgan fingerprint density at radius 1 is 1.00 bits per heavy atom. The molecule has 0 aliphatic heterocycles. The Labute approximate surface area is 130 Å². The molecule has 0 atom stereocenters. The molecule has 2 aromatic carbocycles. The number of hydrogen-bond acceptors (Lipinski definition) is 3. The summed E-state index contributed by atoms with van der Waals surface area (Å²) >= 11 is 11.7. The Kier molecular flexibility index (Phi) is 4.50. The number of phenols is 1. The summed E-state index contributed by atoms with van der Waals surface area (Å²) in [6.45, 7) is 0. The minimum absolute atomic E-state index is 0.0319. The fraction of sp³-hybridized carbons (Fsp3) is 0.0667. The van der Waals surface area contributed by atoms with Crippen molar-refractivity contribution in [3.8, 4) is 5.75 Å². The van der Waals surface area contributed by atoms with Crippen LogP contribution >= 0.6 is 23.2 Å². The summed E-state index contributed by atoms with van der Waals surface area (Å²) in [5, 5.41) is 19.2. The zero-order chi connectivity index (χ0) is 15.6. The Morgan fingerprint density at radius 2 is 1.62 bits per heavy atom. The molecule has 0 fully saturated rings. The van der Waals surface area contributed by atoms with Crippen molar-refractivity contribution in [1.29, 1.82) is 0 Å². The standard InChI is InChI=1S/C15H10Cl2O4/c16-10-3-8(4-11(17)7-10)5-14(19)9-1-2-13(18)12(6-9)15(20)21/h1-4,6-7,18H,5H2,(H,20,21). The van der Waals surface area contributed by atoms with Gasteiger partial charge in [0.15, 0.2) is 5.78 Å². The van der Waals surface area contributed by atoms with E-state index in [1.165, 1.54) is 12.1 Å². The Morgan fingerprint density at radius 3 is 2.19 bits per heavy atom. The first-order valence-corrected chi connectivity index (χ1v) is 6.67. The van der Waals surface area contributed by atoms with Crippen LogP contribution in [0.5, 0.6) is 5.75 Å². The number of hydrogen-bond donors (Lipinski definition) is 2. The molecule has 6 heteroatoms. The first-order valence-electron chi connectivity index (χ1n) is 5.91. The molecule has 0 radical (unpaired) electrons. The van der Waals surface area contributed by atoms with E-state index < -0.39 is 5.97 Å². The summed E-state index contributed by atoms with van der Waals surface area (Å²) in [6, 6.07) is 8.48. The van der Waals surface area contributed by atoms with Crippen molar-refractivity contribution >= 4 is 35.0 Å². The highest BCUT2D eigenvalue weighted by atomic mass is 35.5. The number of rotatable bonds is 4. The maximum Gasteiger partial charge on any atom is 0.339 e. The number of aromatic hydroxyl groups is 1. The Bertz CT molecular complexity index is 705. The van der Waals surface area contributed by atoms with E-state index in [9.17, 15) is 14.7 Å². The van der Waals surface area contributed by atoms with Crippen LogP contribution in [0.3, 0.4) is 0 Å². The summed E-state index contributed by atoms with van der Waals surface area (Å²) in [4.78, 5) is 23.1. The van der Waals surface area contributed by atoms with Crippen molar-refractivity contribution < 1.29 is 19.8 Å². The van der Waals surface area contributed by atoms with Crippen LogP contribution in [-0.4, -0.2) is 22.0 Å². The van der Waals surface area contributed by atoms with Gasteiger partial charge in [0.1, 0.15) is 11.3 Å². The van der Waals surface area contributed by atoms with Gasteiger partial charge in [-0.3, -0.25) is 4.79 Å². The average molecular weight is 325 g/mol. The van der Waals surface area contributed by atoms with E-state index in [2.05, 4.69) is 0 Å². The number of ketones is 1. The van der Waals surface area contributed by atoms with Gasteiger partial charge in [-0.15, -0.1) is 0 Å². The number of carbonyl (C=O) groups is 2. The third-order valence-corrected chi connectivity index (χ3v) is 3.27. The Balaban J connectivity index is 2.28. The number of benzene rings is 2. The third kappa shape index (κ3) is 3.74. The largest absolute Gasteiger partial charge is 0.507 e. The molecule has 0 saturated carbocycles. The highest BCUT2D eigenvalue weighted by Gasteiger charge is 2.14. The molecule has 0 heterocycles. The molecule has 0 amide bonds. The number of carboxylic acid groups (broad SMARTS) is 1. The summed E-state index contributed by atoms with van der Waals surface area (Å²) in [6.07, 6.45) is 0.0319. The van der Waals surface area contributed by atoms with Gasteiger partial charge in [0.05, 0.1) is 0 Å². The first kappa shape index (κ1) is 15.4. The number of halogens is 2. The molecule has 2 rings (SSSR count). The molecule has 108 valence electrons. The number of carbonyl (C=O) groups excluding carboxylic acids is 1. The van der Waals surface area contributed by atoms with Gasteiger partial charge >= 0.3 is 5.97 Å². The van der Waals surface area contributed by atoms with Crippen molar-refractivity contribution in [3.05, 3.63) is 63.1 Å². The van der Waals surface area contributed by atoms with Gasteiger partial charge in [-0.1, -0.05) is 23.2 Å². The molecule has 0 aromatic heterocycles. The van der Waals surface area contributed by atoms with Crippen LogP contribution in [0.15, 0.2) is 36.4 Å². The van der Waals surface area contributed by atoms with Gasteiger partial charge in [0.2, 0.25) is 0 Å². The smallest absolute Gasteiger partial charge is 0.339 e. The molecule has 0 spiro atoms. The molecule has 21 heavy (non-hydrogen) atoms. The molecular formula is C15H10Cl2O4. The molecule has 0 bridgehead atoms. The van der Waals surface area contributed by atoms with E-state index >= 15 is 0 Å². The van der Waals surface area contributed by atoms with Gasteiger partial charge in [0, 0.05) is 22.0 Å². The summed E-state index contributed by atoms with van der Waals surface area (Å²) in [7, 11) is 0. The highest BCUT2D eigenvalue weighted by Crippen LogP contribution is 2.22. The van der Waals surface area contributed by atoms with Gasteiger partial charge in [-0.25, -0.2) is 4.79 Å². The number of carboxylic acids is 1. The van der Waals surface area contributed by atoms with Gasteiger partial charge in [-0.05, 0) is 42.0 Å². The lowest BCUT2D eigenvalue weighted by atomic mass is 10.0. The maximum absolute atomic E-state index is 12.2. The Hall–Kier alpha value is -2.04. The van der Waals surface area contributed by atoms with Crippen LogP contribution in [-0.2, 0) is 6.42 Å². The lowest BCUT2D eigenvalue weighted by Crippen LogP contribution is -2.06. The summed E-state index contributed by atoms with van der Waals surface area (Å²) < 4.78 is 0. The van der Waals surface area contributed by atoms with E-state index in [4.69, 9.17) is 28.3 Å². The molecule has 4 nitrogen and oxygen atoms in total. The van der Waals surface area contributed by atoms with E-state index in [1.807, 2.05) is 0 Å². The fourth-order valence-electron chi connectivity index (χ4n) is 1.88. The minimum atomic E-state index is -1.30. The maximum atomic E-state index is 12.2. The fourth-order valence-corrected chi connectivity index (χ4v) is 2.45. The van der Waals surface area contributed by atoms with Crippen LogP contribution in [0.4, 0.5) is 0 Å². The van der Waals surface area contributed by atoms with E-state index in [1.54, 1.807) is 18.2 Å². The molecule has 2 N–H and O–H groups in total. The third-order valence-electron chi connectivity index (χ3n) is 2.84. The van der Waals surface area contributed by atoms with Crippen LogP contribution in [0.1, 0.15) is 26.3 Å². The van der Waals surface area contributed by atoms with Crippen molar-refractivity contribution in [1.82, 2.24) is 0 Å². The second-order valence-corrected chi connectivity index (χ2v) is 5.29. The summed E-state index contributed by atoms with van der Waals surface area (Å²) in [5.74, 6) is -1.98. The average Bonchev–Trinajstić information content (AvgIpc) is 2.37. The molecule has 0 aliphatic carbocycles. The number of aromatic carboxylic acids is 1. The minimum Gasteiger partial charge on any atom is -0.507 e. The normalized spacial score (nSPS) is 10.4. The van der Waals surface area contributed by atoms with Crippen LogP contribution in [0, 0.1) is 0 Å². The van der Waals surface area contributed by atoms with Crippen LogP contribution in [0.25, 0.3) is 0 Å². The van der Waals surface area contributed by atoms with Gasteiger partial charge in [0.25, 0.3) is 0 Å². The molecule has 0 unspecified atom stereocenters.